The zero-order chi connectivity index (χ0) is 32.4. The van der Waals surface area contributed by atoms with Crippen LogP contribution in [0.5, 0.6) is 5.88 Å². The molecule has 4 rings (SSSR count). The topological polar surface area (TPSA) is 112 Å². The van der Waals surface area contributed by atoms with Gasteiger partial charge < -0.3 is 30.1 Å². The van der Waals surface area contributed by atoms with Crippen LogP contribution in [0.25, 0.3) is 0 Å². The number of hydrogen-bond acceptors (Lipinski definition) is 10. The third-order valence-corrected chi connectivity index (χ3v) is 6.98. The molecule has 1 aromatic carbocycles. The molecule has 1 aliphatic rings. The van der Waals surface area contributed by atoms with Crippen LogP contribution in [0.1, 0.15) is 19.4 Å². The highest BCUT2D eigenvalue weighted by molar-refractivity contribution is 6.31. The van der Waals surface area contributed by atoms with Gasteiger partial charge in [0.15, 0.2) is 12.4 Å². The van der Waals surface area contributed by atoms with Crippen LogP contribution in [0, 0.1) is 5.82 Å². The van der Waals surface area contributed by atoms with Crippen molar-refractivity contribution < 1.29 is 27.1 Å². The number of alkyl halides is 3. The van der Waals surface area contributed by atoms with Crippen molar-refractivity contribution in [1.82, 2.24) is 24.8 Å². The van der Waals surface area contributed by atoms with Crippen molar-refractivity contribution in [3.63, 3.8) is 0 Å². The Kier molecular flexibility index (Phi) is 9.49. The van der Waals surface area contributed by atoms with E-state index in [0.29, 0.717) is 30.9 Å². The Balaban J connectivity index is 1.75. The lowest BCUT2D eigenvalue weighted by atomic mass is 9.87. The Morgan fingerprint density at radius 2 is 1.89 bits per heavy atom. The van der Waals surface area contributed by atoms with E-state index >= 15 is 0 Å². The minimum Gasteiger partial charge on any atom is -0.466 e. The molecule has 2 N–H and O–H groups in total. The van der Waals surface area contributed by atoms with Gasteiger partial charge in [-0.3, -0.25) is 4.79 Å². The fraction of sp³-hybridized carbons (Fsp3) is 0.393. The number of rotatable bonds is 11. The molecule has 0 unspecified atom stereocenters. The molecule has 0 fully saturated rings. The van der Waals surface area contributed by atoms with E-state index in [1.807, 2.05) is 32.8 Å². The van der Waals surface area contributed by atoms with Crippen molar-refractivity contribution in [2.75, 3.05) is 67.8 Å². The first kappa shape index (κ1) is 32.7. The number of carbonyl (C=O) groups excluding carboxylic acids is 1. The summed E-state index contributed by atoms with van der Waals surface area (Å²) in [4.78, 5) is 34.8. The summed E-state index contributed by atoms with van der Waals surface area (Å²) < 4.78 is 59.0. The molecule has 0 bridgehead atoms. The maximum atomic E-state index is 14.3. The van der Waals surface area contributed by atoms with E-state index in [9.17, 15) is 22.4 Å². The van der Waals surface area contributed by atoms with Crippen LogP contribution >= 0.6 is 11.6 Å². The van der Waals surface area contributed by atoms with E-state index in [4.69, 9.17) is 16.3 Å². The van der Waals surface area contributed by atoms with Crippen LogP contribution in [-0.2, 0) is 10.2 Å². The van der Waals surface area contributed by atoms with E-state index in [2.05, 4.69) is 37.1 Å². The minimum atomic E-state index is -4.65. The smallest absolute Gasteiger partial charge is 0.422 e. The molecule has 16 heteroatoms. The van der Waals surface area contributed by atoms with Crippen molar-refractivity contribution in [2.24, 2.45) is 0 Å². The van der Waals surface area contributed by atoms with E-state index < -0.39 is 35.8 Å². The van der Waals surface area contributed by atoms with Gasteiger partial charge in [-0.2, -0.15) is 23.1 Å². The lowest BCUT2D eigenvalue weighted by Gasteiger charge is -2.25. The van der Waals surface area contributed by atoms with E-state index in [1.165, 1.54) is 24.5 Å². The number of fused-ring (bicyclic) bond motifs is 1. The largest absolute Gasteiger partial charge is 0.466 e. The molecule has 0 aliphatic carbocycles. The van der Waals surface area contributed by atoms with Crippen molar-refractivity contribution in [1.29, 1.82) is 0 Å². The van der Waals surface area contributed by atoms with Crippen molar-refractivity contribution in [3.8, 4) is 5.88 Å². The number of benzene rings is 1. The van der Waals surface area contributed by atoms with Crippen LogP contribution in [0.15, 0.2) is 37.2 Å². The number of likely N-dealkylation sites (N-methyl/N-ethyl adjacent to an activating group) is 2. The molecule has 0 spiro atoms. The molecule has 1 aliphatic heterocycles. The van der Waals surface area contributed by atoms with Crippen molar-refractivity contribution in [2.45, 2.75) is 25.4 Å². The van der Waals surface area contributed by atoms with Crippen molar-refractivity contribution in [3.05, 3.63) is 53.6 Å². The van der Waals surface area contributed by atoms with Gasteiger partial charge in [0.2, 0.25) is 23.7 Å². The van der Waals surface area contributed by atoms with Gasteiger partial charge in [0, 0.05) is 37.8 Å². The second kappa shape index (κ2) is 12.8. The molecular weight excluding hydrogens is 606 g/mol. The fourth-order valence-corrected chi connectivity index (χ4v) is 4.66. The minimum absolute atomic E-state index is 0.0529. The third kappa shape index (κ3) is 7.63. The summed E-state index contributed by atoms with van der Waals surface area (Å²) in [6.45, 7) is 7.12. The Labute approximate surface area is 256 Å². The number of pyridine rings is 1. The van der Waals surface area contributed by atoms with Crippen LogP contribution in [0.4, 0.5) is 52.3 Å². The van der Waals surface area contributed by atoms with Crippen LogP contribution < -0.4 is 25.2 Å². The van der Waals surface area contributed by atoms with Crippen LogP contribution in [0.2, 0.25) is 5.02 Å². The Bertz CT molecular complexity index is 1550. The van der Waals surface area contributed by atoms with E-state index in [1.54, 1.807) is 16.8 Å². The molecule has 0 saturated heterocycles. The average Bonchev–Trinajstić information content (AvgIpc) is 3.20. The standard InChI is InChI=1S/C28H32ClF4N9O2/c1-7-22(43)36-19-12-20(24(44-14-28(31,32)33)38-23(19)41(6)9-8-40(4)5)37-25-34-15-35-26(39-25)42-13-27(2,3)16-10-18(30)17(29)11-21(16)42/h7,10-12,15H,1,8-9,13-14H2,2-6H3,(H,36,43)(H,34,35,37,39). The number of hydrogen-bond donors (Lipinski definition) is 2. The first-order valence-corrected chi connectivity index (χ1v) is 13.7. The predicted molar refractivity (Wildman–Crippen MR) is 161 cm³/mol. The maximum absolute atomic E-state index is 14.3. The van der Waals surface area contributed by atoms with Crippen LogP contribution in [-0.4, -0.2) is 84.3 Å². The zero-order valence-electron chi connectivity index (χ0n) is 24.8. The highest BCUT2D eigenvalue weighted by atomic mass is 35.5. The second-order valence-corrected chi connectivity index (χ2v) is 11.4. The molecule has 2 aromatic heterocycles. The molecule has 236 valence electrons. The number of nitrogens with one attached hydrogen (secondary N) is 2. The Morgan fingerprint density at radius 3 is 2.55 bits per heavy atom. The molecule has 44 heavy (non-hydrogen) atoms. The number of anilines is 6. The predicted octanol–water partition coefficient (Wildman–Crippen LogP) is 5.30. The van der Waals surface area contributed by atoms with E-state index in [0.717, 1.165) is 6.08 Å². The number of nitrogens with zero attached hydrogens (tertiary/aromatic N) is 7. The molecule has 0 radical (unpaired) electrons. The number of halogens is 5. The van der Waals surface area contributed by atoms with Gasteiger partial charge in [-0.15, -0.1) is 0 Å². The van der Waals surface area contributed by atoms with Gasteiger partial charge in [-0.25, -0.2) is 14.4 Å². The van der Waals surface area contributed by atoms with Gasteiger partial charge in [0.05, 0.1) is 10.7 Å². The molecule has 3 heterocycles. The summed E-state index contributed by atoms with van der Waals surface area (Å²) in [5.41, 5.74) is 0.963. The molecule has 11 nitrogen and oxygen atoms in total. The lowest BCUT2D eigenvalue weighted by Crippen LogP contribution is -2.30. The molecular formula is C28H32ClF4N9O2. The Morgan fingerprint density at radius 1 is 1.16 bits per heavy atom. The summed E-state index contributed by atoms with van der Waals surface area (Å²) in [5.74, 6) is -1.21. The first-order valence-electron chi connectivity index (χ1n) is 13.3. The summed E-state index contributed by atoms with van der Waals surface area (Å²) in [6.07, 6.45) is -2.38. The van der Waals surface area contributed by atoms with Gasteiger partial charge in [-0.05, 0) is 43.9 Å². The number of aromatic nitrogens is 4. The highest BCUT2D eigenvalue weighted by Crippen LogP contribution is 2.45. The van der Waals surface area contributed by atoms with E-state index in [-0.39, 0.29) is 34.1 Å². The number of ether oxygens (including phenoxy) is 1. The molecule has 0 saturated carbocycles. The summed E-state index contributed by atoms with van der Waals surface area (Å²) in [6, 6.07) is 4.25. The summed E-state index contributed by atoms with van der Waals surface area (Å²) >= 11 is 6.08. The van der Waals surface area contributed by atoms with Gasteiger partial charge >= 0.3 is 6.18 Å². The zero-order valence-corrected chi connectivity index (χ0v) is 25.5. The van der Waals surface area contributed by atoms with Gasteiger partial charge in [-0.1, -0.05) is 32.0 Å². The fourth-order valence-electron chi connectivity index (χ4n) is 4.50. The summed E-state index contributed by atoms with van der Waals surface area (Å²) in [7, 11) is 5.41. The SMILES string of the molecule is C=CC(=O)Nc1cc(Nc2ncnc(N3CC(C)(C)c4cc(F)c(Cl)cc43)n2)c(OCC(F)(F)F)nc1N(C)CCN(C)C. The van der Waals surface area contributed by atoms with Gasteiger partial charge in [0.1, 0.15) is 17.8 Å². The monoisotopic (exact) mass is 637 g/mol. The first-order chi connectivity index (χ1) is 20.6. The van der Waals surface area contributed by atoms with Crippen LogP contribution in [0.3, 0.4) is 0 Å². The second-order valence-electron chi connectivity index (χ2n) is 11.0. The van der Waals surface area contributed by atoms with Gasteiger partial charge in [0.25, 0.3) is 0 Å². The molecule has 0 atom stereocenters. The number of carbonyl (C=O) groups is 1. The number of amides is 1. The molecule has 1 amide bonds. The average molecular weight is 638 g/mol. The van der Waals surface area contributed by atoms with Crippen molar-refractivity contribution >= 4 is 52.3 Å². The quantitative estimate of drug-likeness (QED) is 0.212. The third-order valence-electron chi connectivity index (χ3n) is 6.69. The molecule has 3 aromatic rings. The lowest BCUT2D eigenvalue weighted by molar-refractivity contribution is -0.153. The summed E-state index contributed by atoms with van der Waals surface area (Å²) in [5, 5.41) is 5.43. The maximum Gasteiger partial charge on any atom is 0.422 e. The Hall–Kier alpha value is -4.24. The highest BCUT2D eigenvalue weighted by Gasteiger charge is 2.38. The normalized spacial score (nSPS) is 13.9.